The van der Waals surface area contributed by atoms with Gasteiger partial charge in [0.25, 0.3) is 0 Å². The summed E-state index contributed by atoms with van der Waals surface area (Å²) in [6.45, 7) is 4.95. The molecule has 2 N–H and O–H groups in total. The lowest BCUT2D eigenvalue weighted by atomic mass is 9.87. The second-order valence-corrected chi connectivity index (χ2v) is 7.13. The molecule has 0 bridgehead atoms. The van der Waals surface area contributed by atoms with Gasteiger partial charge in [0.15, 0.2) is 0 Å². The van der Waals surface area contributed by atoms with Gasteiger partial charge in [-0.05, 0) is 51.5 Å². The Morgan fingerprint density at radius 3 is 2.62 bits per heavy atom. The number of hydrogen-bond donors (Lipinski definition) is 1. The lowest BCUT2D eigenvalue weighted by molar-refractivity contribution is -0.108. The average Bonchev–Trinajstić information content (AvgIpc) is 2.96. The molecular weight excluding hydrogens is 264 g/mol. The standard InChI is InChI=1S/C17H32N2O2/c18-9-3-12-20-16-4-10-19(11-5-16)15-6-13-21-17(14-15)7-1-2-8-17/h15-16H,1-14,18H2. The maximum absolute atomic E-state index is 6.17. The zero-order valence-corrected chi connectivity index (χ0v) is 13.4. The highest BCUT2D eigenvalue weighted by Gasteiger charge is 2.41. The van der Waals surface area contributed by atoms with Gasteiger partial charge in [0, 0.05) is 32.3 Å². The van der Waals surface area contributed by atoms with Crippen LogP contribution in [0.1, 0.15) is 57.8 Å². The third kappa shape index (κ3) is 3.98. The van der Waals surface area contributed by atoms with Crippen LogP contribution in [0.5, 0.6) is 0 Å². The van der Waals surface area contributed by atoms with Crippen molar-refractivity contribution < 1.29 is 9.47 Å². The molecule has 3 rings (SSSR count). The summed E-state index contributed by atoms with van der Waals surface area (Å²) < 4.78 is 12.1. The Morgan fingerprint density at radius 2 is 1.90 bits per heavy atom. The van der Waals surface area contributed by atoms with Crippen LogP contribution in [0.3, 0.4) is 0 Å². The average molecular weight is 296 g/mol. The molecule has 21 heavy (non-hydrogen) atoms. The van der Waals surface area contributed by atoms with Crippen molar-refractivity contribution in [2.45, 2.75) is 75.5 Å². The van der Waals surface area contributed by atoms with E-state index in [1.165, 1.54) is 64.5 Å². The molecule has 0 aromatic rings. The highest BCUT2D eigenvalue weighted by Crippen LogP contribution is 2.41. The van der Waals surface area contributed by atoms with Crippen LogP contribution in [0.4, 0.5) is 0 Å². The van der Waals surface area contributed by atoms with Crippen molar-refractivity contribution in [1.82, 2.24) is 4.90 Å². The zero-order chi connectivity index (χ0) is 14.5. The minimum absolute atomic E-state index is 0.247. The van der Waals surface area contributed by atoms with Gasteiger partial charge in [0.1, 0.15) is 0 Å². The quantitative estimate of drug-likeness (QED) is 0.791. The van der Waals surface area contributed by atoms with Crippen LogP contribution < -0.4 is 5.73 Å². The van der Waals surface area contributed by atoms with E-state index >= 15 is 0 Å². The van der Waals surface area contributed by atoms with Gasteiger partial charge >= 0.3 is 0 Å². The van der Waals surface area contributed by atoms with E-state index in [0.717, 1.165) is 32.2 Å². The SMILES string of the molecule is NCCCOC1CCN(C2CCOC3(CCCC3)C2)CC1. The van der Waals surface area contributed by atoms with Crippen LogP contribution in [0.2, 0.25) is 0 Å². The van der Waals surface area contributed by atoms with E-state index in [1.807, 2.05) is 0 Å². The fraction of sp³-hybridized carbons (Fsp3) is 1.00. The molecule has 3 aliphatic rings. The summed E-state index contributed by atoms with van der Waals surface area (Å²) in [6.07, 6.45) is 11.6. The van der Waals surface area contributed by atoms with Gasteiger partial charge in [-0.2, -0.15) is 0 Å². The van der Waals surface area contributed by atoms with Crippen LogP contribution in [-0.2, 0) is 9.47 Å². The molecule has 3 fully saturated rings. The number of nitrogens with two attached hydrogens (primary N) is 1. The smallest absolute Gasteiger partial charge is 0.0697 e. The van der Waals surface area contributed by atoms with Crippen LogP contribution in [0.25, 0.3) is 0 Å². The summed E-state index contributed by atoms with van der Waals surface area (Å²) >= 11 is 0. The monoisotopic (exact) mass is 296 g/mol. The van der Waals surface area contributed by atoms with Gasteiger partial charge in [-0.25, -0.2) is 0 Å². The van der Waals surface area contributed by atoms with Gasteiger partial charge in [-0.3, -0.25) is 4.90 Å². The molecule has 122 valence electrons. The van der Waals surface area contributed by atoms with Crippen molar-refractivity contribution in [1.29, 1.82) is 0 Å². The summed E-state index contributed by atoms with van der Waals surface area (Å²) in [7, 11) is 0. The fourth-order valence-electron chi connectivity index (χ4n) is 4.42. The number of rotatable bonds is 5. The number of piperidine rings is 1. The summed E-state index contributed by atoms with van der Waals surface area (Å²) in [5.41, 5.74) is 5.77. The first-order chi connectivity index (χ1) is 10.3. The summed E-state index contributed by atoms with van der Waals surface area (Å²) in [5.74, 6) is 0. The van der Waals surface area contributed by atoms with Crippen molar-refractivity contribution in [3.63, 3.8) is 0 Å². The van der Waals surface area contributed by atoms with Gasteiger partial charge in [0.05, 0.1) is 11.7 Å². The fourth-order valence-corrected chi connectivity index (χ4v) is 4.42. The van der Waals surface area contributed by atoms with Crippen molar-refractivity contribution in [3.05, 3.63) is 0 Å². The molecule has 1 spiro atoms. The minimum atomic E-state index is 0.247. The van der Waals surface area contributed by atoms with Gasteiger partial charge in [-0.15, -0.1) is 0 Å². The molecule has 1 aliphatic carbocycles. The summed E-state index contributed by atoms with van der Waals surface area (Å²) in [6, 6.07) is 0.752. The van der Waals surface area contributed by atoms with E-state index in [-0.39, 0.29) is 5.60 Å². The predicted molar refractivity (Wildman–Crippen MR) is 84.4 cm³/mol. The Balaban J connectivity index is 1.43. The van der Waals surface area contributed by atoms with E-state index in [9.17, 15) is 0 Å². The second-order valence-electron chi connectivity index (χ2n) is 7.13. The molecule has 2 heterocycles. The Kier molecular flexibility index (Phi) is 5.54. The molecule has 2 saturated heterocycles. The minimum Gasteiger partial charge on any atom is -0.378 e. The third-order valence-corrected chi connectivity index (χ3v) is 5.68. The first kappa shape index (κ1) is 15.7. The molecular formula is C17H32N2O2. The highest BCUT2D eigenvalue weighted by atomic mass is 16.5. The number of likely N-dealkylation sites (tertiary alicyclic amines) is 1. The molecule has 1 unspecified atom stereocenters. The Labute approximate surface area is 129 Å². The molecule has 1 atom stereocenters. The first-order valence-corrected chi connectivity index (χ1v) is 9.01. The number of nitrogens with zero attached hydrogens (tertiary/aromatic N) is 1. The molecule has 4 nitrogen and oxygen atoms in total. The molecule has 0 radical (unpaired) electrons. The van der Waals surface area contributed by atoms with Gasteiger partial charge in [-0.1, -0.05) is 12.8 Å². The lowest BCUT2D eigenvalue weighted by Gasteiger charge is -2.45. The maximum atomic E-state index is 6.17. The molecule has 0 amide bonds. The van der Waals surface area contributed by atoms with Gasteiger partial charge in [0.2, 0.25) is 0 Å². The van der Waals surface area contributed by atoms with Crippen LogP contribution in [0, 0.1) is 0 Å². The van der Waals surface area contributed by atoms with E-state index in [2.05, 4.69) is 4.90 Å². The van der Waals surface area contributed by atoms with Crippen molar-refractivity contribution in [2.24, 2.45) is 5.73 Å². The van der Waals surface area contributed by atoms with E-state index in [0.29, 0.717) is 6.10 Å². The summed E-state index contributed by atoms with van der Waals surface area (Å²) in [4.78, 5) is 2.71. The molecule has 4 heteroatoms. The maximum Gasteiger partial charge on any atom is 0.0697 e. The summed E-state index contributed by atoms with van der Waals surface area (Å²) in [5, 5.41) is 0. The van der Waals surface area contributed by atoms with Crippen LogP contribution in [0.15, 0.2) is 0 Å². The first-order valence-electron chi connectivity index (χ1n) is 9.01. The Morgan fingerprint density at radius 1 is 1.14 bits per heavy atom. The molecule has 1 saturated carbocycles. The van der Waals surface area contributed by atoms with Crippen LogP contribution in [-0.4, -0.2) is 55.5 Å². The lowest BCUT2D eigenvalue weighted by Crippen LogP contribution is -2.50. The largest absolute Gasteiger partial charge is 0.378 e. The molecule has 0 aromatic carbocycles. The number of ether oxygens (including phenoxy) is 2. The molecule has 2 aliphatic heterocycles. The highest BCUT2D eigenvalue weighted by molar-refractivity contribution is 4.95. The topological polar surface area (TPSA) is 47.7 Å². The zero-order valence-electron chi connectivity index (χ0n) is 13.4. The second kappa shape index (κ2) is 7.40. The van der Waals surface area contributed by atoms with Crippen LogP contribution >= 0.6 is 0 Å². The van der Waals surface area contributed by atoms with E-state index in [1.54, 1.807) is 0 Å². The van der Waals surface area contributed by atoms with Crippen molar-refractivity contribution in [2.75, 3.05) is 32.8 Å². The van der Waals surface area contributed by atoms with E-state index in [4.69, 9.17) is 15.2 Å². The third-order valence-electron chi connectivity index (χ3n) is 5.68. The Hall–Kier alpha value is -0.160. The predicted octanol–water partition coefficient (Wildman–Crippen LogP) is 2.31. The van der Waals surface area contributed by atoms with E-state index < -0.39 is 0 Å². The number of hydrogen-bond acceptors (Lipinski definition) is 4. The Bertz CT molecular complexity index is 310. The van der Waals surface area contributed by atoms with Crippen molar-refractivity contribution in [3.8, 4) is 0 Å². The molecule has 0 aromatic heterocycles. The van der Waals surface area contributed by atoms with Crippen molar-refractivity contribution >= 4 is 0 Å². The normalized spacial score (nSPS) is 31.0. The van der Waals surface area contributed by atoms with Gasteiger partial charge < -0.3 is 15.2 Å².